The summed E-state index contributed by atoms with van der Waals surface area (Å²) in [6.45, 7) is 2.48. The summed E-state index contributed by atoms with van der Waals surface area (Å²) in [6.07, 6.45) is 1.81. The highest BCUT2D eigenvalue weighted by Gasteiger charge is 2.33. The summed E-state index contributed by atoms with van der Waals surface area (Å²) in [4.78, 5) is 20.4. The molecule has 31 heavy (non-hydrogen) atoms. The molecule has 1 fully saturated rings. The Morgan fingerprint density at radius 2 is 1.81 bits per heavy atom. The number of hydrogen-bond donors (Lipinski definition) is 0. The number of carbonyl (C=O) groups is 1. The first-order valence-corrected chi connectivity index (χ1v) is 11.0. The smallest absolute Gasteiger partial charge is 0.267 e. The second kappa shape index (κ2) is 9.41. The van der Waals surface area contributed by atoms with Crippen molar-refractivity contribution in [2.45, 2.75) is 13.5 Å². The van der Waals surface area contributed by atoms with Crippen LogP contribution in [-0.2, 0) is 11.3 Å². The Bertz CT molecular complexity index is 1160. The van der Waals surface area contributed by atoms with Crippen LogP contribution in [0.3, 0.4) is 0 Å². The predicted molar refractivity (Wildman–Crippen MR) is 129 cm³/mol. The molecule has 4 nitrogen and oxygen atoms in total. The van der Waals surface area contributed by atoms with E-state index < -0.39 is 0 Å². The van der Waals surface area contributed by atoms with Gasteiger partial charge in [0.05, 0.1) is 24.2 Å². The molecule has 1 amide bonds. The average molecular weight is 449 g/mol. The van der Waals surface area contributed by atoms with Gasteiger partial charge in [-0.3, -0.25) is 9.69 Å². The van der Waals surface area contributed by atoms with E-state index in [-0.39, 0.29) is 5.91 Å². The van der Waals surface area contributed by atoms with Gasteiger partial charge in [-0.25, -0.2) is 4.99 Å². The van der Waals surface area contributed by atoms with Crippen molar-refractivity contribution >= 4 is 46.2 Å². The minimum Gasteiger partial charge on any atom is -0.496 e. The third-order valence-electron chi connectivity index (χ3n) is 4.81. The molecule has 0 aromatic heterocycles. The van der Waals surface area contributed by atoms with E-state index in [0.29, 0.717) is 27.4 Å². The van der Waals surface area contributed by atoms with Crippen LogP contribution >= 0.6 is 23.4 Å². The molecule has 1 aliphatic rings. The van der Waals surface area contributed by atoms with Crippen molar-refractivity contribution < 1.29 is 9.53 Å². The van der Waals surface area contributed by atoms with Gasteiger partial charge in [-0.15, -0.1) is 0 Å². The molecule has 0 radical (unpaired) electrons. The highest BCUT2D eigenvalue weighted by atomic mass is 35.5. The van der Waals surface area contributed by atoms with Gasteiger partial charge >= 0.3 is 0 Å². The van der Waals surface area contributed by atoms with Gasteiger partial charge in [0.15, 0.2) is 5.17 Å². The largest absolute Gasteiger partial charge is 0.496 e. The molecule has 0 bridgehead atoms. The lowest BCUT2D eigenvalue weighted by atomic mass is 10.1. The van der Waals surface area contributed by atoms with Crippen molar-refractivity contribution in [2.24, 2.45) is 4.99 Å². The minimum atomic E-state index is -0.0956. The van der Waals surface area contributed by atoms with E-state index in [1.54, 1.807) is 30.2 Å². The molecule has 1 aliphatic heterocycles. The Morgan fingerprint density at radius 3 is 2.52 bits per heavy atom. The Kier molecular flexibility index (Phi) is 6.44. The number of rotatable bonds is 5. The second-order valence-electron chi connectivity index (χ2n) is 7.10. The van der Waals surface area contributed by atoms with Crippen LogP contribution in [0, 0.1) is 6.92 Å². The Hall–Kier alpha value is -3.02. The summed E-state index contributed by atoms with van der Waals surface area (Å²) >= 11 is 7.52. The van der Waals surface area contributed by atoms with Gasteiger partial charge in [0.1, 0.15) is 5.75 Å². The van der Waals surface area contributed by atoms with Gasteiger partial charge in [-0.1, -0.05) is 59.6 Å². The van der Waals surface area contributed by atoms with Crippen LogP contribution in [-0.4, -0.2) is 23.1 Å². The highest BCUT2D eigenvalue weighted by molar-refractivity contribution is 8.18. The van der Waals surface area contributed by atoms with E-state index in [2.05, 4.69) is 0 Å². The van der Waals surface area contributed by atoms with Crippen LogP contribution in [0.4, 0.5) is 5.69 Å². The summed E-state index contributed by atoms with van der Waals surface area (Å²) < 4.78 is 5.43. The summed E-state index contributed by atoms with van der Waals surface area (Å²) in [7, 11) is 1.60. The molecule has 4 rings (SSSR count). The van der Waals surface area contributed by atoms with Gasteiger partial charge in [0.2, 0.25) is 0 Å². The fourth-order valence-corrected chi connectivity index (χ4v) is 4.36. The number of carbonyl (C=O) groups excluding carboxylic acids is 1. The summed E-state index contributed by atoms with van der Waals surface area (Å²) in [5, 5.41) is 1.22. The molecule has 1 saturated heterocycles. The van der Waals surface area contributed by atoms with E-state index in [1.807, 2.05) is 67.6 Å². The van der Waals surface area contributed by atoms with Crippen LogP contribution in [0.25, 0.3) is 6.08 Å². The number of benzene rings is 3. The van der Waals surface area contributed by atoms with Gasteiger partial charge < -0.3 is 4.74 Å². The molecule has 156 valence electrons. The van der Waals surface area contributed by atoms with Crippen molar-refractivity contribution in [1.82, 2.24) is 4.90 Å². The number of ether oxygens (including phenoxy) is 1. The fraction of sp³-hybridized carbons (Fsp3) is 0.120. The molecule has 0 N–H and O–H groups in total. The standard InChI is InChI=1S/C25H21ClN2O2S/c1-17-8-11-21(12-9-17)27-25-28(16-18-6-4-3-5-7-18)24(29)23(31-25)15-19-14-20(26)10-13-22(19)30-2/h3-15H,16H2,1-2H3. The SMILES string of the molecule is COc1ccc(Cl)cc1C=C1SC(=Nc2ccc(C)cc2)N(Cc2ccccc2)C1=O. The lowest BCUT2D eigenvalue weighted by molar-refractivity contribution is -0.122. The summed E-state index contributed by atoms with van der Waals surface area (Å²) in [6, 6.07) is 23.2. The van der Waals surface area contributed by atoms with Crippen LogP contribution in [0.2, 0.25) is 5.02 Å². The molecule has 1 heterocycles. The zero-order valence-corrected chi connectivity index (χ0v) is 18.8. The van der Waals surface area contributed by atoms with Crippen molar-refractivity contribution in [3.8, 4) is 5.75 Å². The van der Waals surface area contributed by atoms with Crippen molar-refractivity contribution in [1.29, 1.82) is 0 Å². The van der Waals surface area contributed by atoms with E-state index >= 15 is 0 Å². The fourth-order valence-electron chi connectivity index (χ4n) is 3.19. The lowest BCUT2D eigenvalue weighted by Crippen LogP contribution is -2.28. The number of amides is 1. The van der Waals surface area contributed by atoms with Crippen molar-refractivity contribution in [3.63, 3.8) is 0 Å². The van der Waals surface area contributed by atoms with Crippen LogP contribution < -0.4 is 4.74 Å². The molecule has 6 heteroatoms. The number of aryl methyl sites for hydroxylation is 1. The van der Waals surface area contributed by atoms with Crippen molar-refractivity contribution in [3.05, 3.63) is 99.4 Å². The first-order valence-electron chi connectivity index (χ1n) is 9.78. The number of methoxy groups -OCH3 is 1. The first-order chi connectivity index (χ1) is 15.0. The average Bonchev–Trinajstić information content (AvgIpc) is 3.05. The number of halogens is 1. The number of aliphatic imine (C=N–C) groups is 1. The normalized spacial score (nSPS) is 16.4. The maximum Gasteiger partial charge on any atom is 0.267 e. The van der Waals surface area contributed by atoms with E-state index in [0.717, 1.165) is 22.4 Å². The molecule has 3 aromatic rings. The number of nitrogens with zero attached hydrogens (tertiary/aromatic N) is 2. The van der Waals surface area contributed by atoms with Gasteiger partial charge in [0.25, 0.3) is 5.91 Å². The molecule has 0 spiro atoms. The zero-order valence-electron chi connectivity index (χ0n) is 17.2. The zero-order chi connectivity index (χ0) is 21.8. The number of thioether (sulfide) groups is 1. The Balaban J connectivity index is 1.73. The van der Waals surface area contributed by atoms with Gasteiger partial charge in [0, 0.05) is 10.6 Å². The topological polar surface area (TPSA) is 41.9 Å². The minimum absolute atomic E-state index is 0.0956. The number of hydrogen-bond acceptors (Lipinski definition) is 4. The lowest BCUT2D eigenvalue weighted by Gasteiger charge is -2.15. The maximum absolute atomic E-state index is 13.3. The molecule has 0 unspecified atom stereocenters. The number of amidine groups is 1. The molecule has 3 aromatic carbocycles. The molecule has 0 aliphatic carbocycles. The molecular formula is C25H21ClN2O2S. The second-order valence-corrected chi connectivity index (χ2v) is 8.55. The predicted octanol–water partition coefficient (Wildman–Crippen LogP) is 6.46. The molecular weight excluding hydrogens is 428 g/mol. The van der Waals surface area contributed by atoms with Crippen LogP contribution in [0.5, 0.6) is 5.75 Å². The van der Waals surface area contributed by atoms with Crippen LogP contribution in [0.1, 0.15) is 16.7 Å². The molecule has 0 saturated carbocycles. The van der Waals surface area contributed by atoms with E-state index in [1.165, 1.54) is 11.8 Å². The summed E-state index contributed by atoms with van der Waals surface area (Å²) in [5.74, 6) is 0.561. The summed E-state index contributed by atoms with van der Waals surface area (Å²) in [5.41, 5.74) is 3.76. The van der Waals surface area contributed by atoms with Crippen LogP contribution in [0.15, 0.2) is 82.7 Å². The van der Waals surface area contributed by atoms with Gasteiger partial charge in [-0.05, 0) is 60.7 Å². The molecule has 0 atom stereocenters. The van der Waals surface area contributed by atoms with E-state index in [4.69, 9.17) is 21.3 Å². The third kappa shape index (κ3) is 5.01. The Morgan fingerprint density at radius 1 is 1.06 bits per heavy atom. The first kappa shape index (κ1) is 21.2. The van der Waals surface area contributed by atoms with E-state index in [9.17, 15) is 4.79 Å². The van der Waals surface area contributed by atoms with Crippen molar-refractivity contribution in [2.75, 3.05) is 7.11 Å². The maximum atomic E-state index is 13.3. The highest BCUT2D eigenvalue weighted by Crippen LogP contribution is 2.37. The monoisotopic (exact) mass is 448 g/mol. The Labute approximate surface area is 191 Å². The third-order valence-corrected chi connectivity index (χ3v) is 6.05. The van der Waals surface area contributed by atoms with Gasteiger partial charge in [-0.2, -0.15) is 0 Å². The quantitative estimate of drug-likeness (QED) is 0.420.